The lowest BCUT2D eigenvalue weighted by Crippen LogP contribution is -2.01. The number of hydrogen-bond acceptors (Lipinski definition) is 4. The predicted molar refractivity (Wildman–Crippen MR) is 78.4 cm³/mol. The van der Waals surface area contributed by atoms with Crippen molar-refractivity contribution in [2.24, 2.45) is 0 Å². The number of methoxy groups -OCH3 is 1. The van der Waals surface area contributed by atoms with Crippen molar-refractivity contribution >= 4 is 16.9 Å². The first kappa shape index (κ1) is 13.9. The molecule has 0 saturated heterocycles. The summed E-state index contributed by atoms with van der Waals surface area (Å²) in [5, 5.41) is 9.80. The van der Waals surface area contributed by atoms with Gasteiger partial charge in [-0.15, -0.1) is 0 Å². The van der Waals surface area contributed by atoms with Crippen LogP contribution in [-0.4, -0.2) is 28.2 Å². The van der Waals surface area contributed by atoms with Crippen LogP contribution in [0.5, 0.6) is 5.75 Å². The number of pyridine rings is 2. The van der Waals surface area contributed by atoms with Crippen LogP contribution in [0, 0.1) is 5.95 Å². The molecule has 0 unspecified atom stereocenters. The molecule has 0 aliphatic rings. The average molecular weight is 298 g/mol. The van der Waals surface area contributed by atoms with Crippen molar-refractivity contribution in [1.29, 1.82) is 0 Å². The number of ether oxygens (including phenoxy) is 1. The van der Waals surface area contributed by atoms with Gasteiger partial charge in [-0.2, -0.15) is 4.39 Å². The SMILES string of the molecule is COc1cc(-c2cc(C(=O)O)cnc2F)nc2ccccc12. The number of nitrogens with zero attached hydrogens (tertiary/aromatic N) is 2. The Kier molecular flexibility index (Phi) is 3.42. The van der Waals surface area contributed by atoms with Gasteiger partial charge >= 0.3 is 5.97 Å². The second-order valence-electron chi connectivity index (χ2n) is 4.59. The van der Waals surface area contributed by atoms with Gasteiger partial charge in [0.05, 0.1) is 29.4 Å². The van der Waals surface area contributed by atoms with Crippen LogP contribution in [0.3, 0.4) is 0 Å². The molecule has 3 aromatic rings. The van der Waals surface area contributed by atoms with Crippen molar-refractivity contribution < 1.29 is 19.0 Å². The Labute approximate surface area is 125 Å². The van der Waals surface area contributed by atoms with Gasteiger partial charge < -0.3 is 9.84 Å². The number of hydrogen-bond donors (Lipinski definition) is 1. The van der Waals surface area contributed by atoms with Gasteiger partial charge in [-0.25, -0.2) is 14.8 Å². The third-order valence-electron chi connectivity index (χ3n) is 3.26. The maximum Gasteiger partial charge on any atom is 0.337 e. The van der Waals surface area contributed by atoms with Crippen LogP contribution < -0.4 is 4.74 Å². The zero-order valence-electron chi connectivity index (χ0n) is 11.6. The maximum atomic E-state index is 14.0. The van der Waals surface area contributed by atoms with Gasteiger partial charge in [-0.1, -0.05) is 12.1 Å². The standard InChI is InChI=1S/C16H11FN2O3/c1-22-14-7-13(19-12-5-3-2-4-10(12)14)11-6-9(16(20)21)8-18-15(11)17/h2-8H,1H3,(H,20,21). The summed E-state index contributed by atoms with van der Waals surface area (Å²) in [4.78, 5) is 18.9. The Hall–Kier alpha value is -3.02. The van der Waals surface area contributed by atoms with Gasteiger partial charge in [0, 0.05) is 17.6 Å². The number of carboxylic acids is 1. The summed E-state index contributed by atoms with van der Waals surface area (Å²) >= 11 is 0. The first-order chi connectivity index (χ1) is 10.6. The molecule has 1 aromatic carbocycles. The highest BCUT2D eigenvalue weighted by Crippen LogP contribution is 2.30. The molecule has 0 bridgehead atoms. The van der Waals surface area contributed by atoms with Crippen LogP contribution >= 0.6 is 0 Å². The van der Waals surface area contributed by atoms with E-state index in [0.29, 0.717) is 11.3 Å². The van der Waals surface area contributed by atoms with Crippen LogP contribution in [0.25, 0.3) is 22.2 Å². The second-order valence-corrected chi connectivity index (χ2v) is 4.59. The smallest absolute Gasteiger partial charge is 0.337 e. The average Bonchev–Trinajstić information content (AvgIpc) is 2.54. The Bertz CT molecular complexity index is 880. The number of benzene rings is 1. The molecule has 0 saturated carbocycles. The van der Waals surface area contributed by atoms with E-state index in [-0.39, 0.29) is 16.8 Å². The lowest BCUT2D eigenvalue weighted by atomic mass is 10.1. The fourth-order valence-corrected chi connectivity index (χ4v) is 2.19. The fourth-order valence-electron chi connectivity index (χ4n) is 2.19. The van der Waals surface area contributed by atoms with E-state index in [9.17, 15) is 9.18 Å². The molecule has 0 aliphatic heterocycles. The largest absolute Gasteiger partial charge is 0.496 e. The van der Waals surface area contributed by atoms with Crippen LogP contribution in [0.2, 0.25) is 0 Å². The molecule has 1 N–H and O–H groups in total. The van der Waals surface area contributed by atoms with Crippen molar-refractivity contribution in [3.05, 3.63) is 54.1 Å². The lowest BCUT2D eigenvalue weighted by Gasteiger charge is -2.09. The Morgan fingerprint density at radius 1 is 1.27 bits per heavy atom. The van der Waals surface area contributed by atoms with Gasteiger partial charge in [0.1, 0.15) is 5.75 Å². The van der Waals surface area contributed by atoms with E-state index < -0.39 is 11.9 Å². The van der Waals surface area contributed by atoms with Gasteiger partial charge in [0.15, 0.2) is 0 Å². The third kappa shape index (κ3) is 2.35. The number of aromatic carboxylic acids is 1. The Morgan fingerprint density at radius 3 is 2.77 bits per heavy atom. The lowest BCUT2D eigenvalue weighted by molar-refractivity contribution is 0.0696. The van der Waals surface area contributed by atoms with Crippen molar-refractivity contribution in [3.8, 4) is 17.0 Å². The summed E-state index contributed by atoms with van der Waals surface area (Å²) in [5.41, 5.74) is 0.801. The van der Waals surface area contributed by atoms with Crippen molar-refractivity contribution in [2.45, 2.75) is 0 Å². The number of fused-ring (bicyclic) bond motifs is 1. The maximum absolute atomic E-state index is 14.0. The van der Waals surface area contributed by atoms with E-state index in [1.807, 2.05) is 12.1 Å². The van der Waals surface area contributed by atoms with Crippen LogP contribution in [-0.2, 0) is 0 Å². The number of rotatable bonds is 3. The molecule has 2 aromatic heterocycles. The van der Waals surface area contributed by atoms with Crippen molar-refractivity contribution in [1.82, 2.24) is 9.97 Å². The zero-order chi connectivity index (χ0) is 15.7. The molecule has 0 amide bonds. The van der Waals surface area contributed by atoms with Crippen LogP contribution in [0.1, 0.15) is 10.4 Å². The summed E-state index contributed by atoms with van der Waals surface area (Å²) in [5.74, 6) is -1.43. The molecule has 6 heteroatoms. The normalized spacial score (nSPS) is 10.6. The van der Waals surface area contributed by atoms with E-state index in [2.05, 4.69) is 9.97 Å². The van der Waals surface area contributed by atoms with Crippen LogP contribution in [0.15, 0.2) is 42.6 Å². The van der Waals surface area contributed by atoms with Gasteiger partial charge in [-0.3, -0.25) is 0 Å². The highest BCUT2D eigenvalue weighted by Gasteiger charge is 2.15. The summed E-state index contributed by atoms with van der Waals surface area (Å²) in [7, 11) is 1.51. The number of aromatic nitrogens is 2. The number of para-hydroxylation sites is 1. The van der Waals surface area contributed by atoms with E-state index in [1.165, 1.54) is 13.2 Å². The molecule has 22 heavy (non-hydrogen) atoms. The molecule has 3 rings (SSSR count). The molecule has 5 nitrogen and oxygen atoms in total. The third-order valence-corrected chi connectivity index (χ3v) is 3.26. The summed E-state index contributed by atoms with van der Waals surface area (Å²) in [6.45, 7) is 0. The van der Waals surface area contributed by atoms with E-state index >= 15 is 0 Å². The molecule has 0 radical (unpaired) electrons. The van der Waals surface area contributed by atoms with E-state index in [0.717, 1.165) is 11.6 Å². The second kappa shape index (κ2) is 5.40. The van der Waals surface area contributed by atoms with E-state index in [1.54, 1.807) is 18.2 Å². The highest BCUT2D eigenvalue weighted by atomic mass is 19.1. The predicted octanol–water partition coefficient (Wildman–Crippen LogP) is 3.14. The van der Waals surface area contributed by atoms with Crippen molar-refractivity contribution in [3.63, 3.8) is 0 Å². The van der Waals surface area contributed by atoms with Gasteiger partial charge in [-0.05, 0) is 18.2 Å². The molecular formula is C16H11FN2O3. The minimum absolute atomic E-state index is 0.0175. The summed E-state index contributed by atoms with van der Waals surface area (Å²) < 4.78 is 19.3. The first-order valence-electron chi connectivity index (χ1n) is 6.43. The topological polar surface area (TPSA) is 72.3 Å². The van der Waals surface area contributed by atoms with E-state index in [4.69, 9.17) is 9.84 Å². The quantitative estimate of drug-likeness (QED) is 0.752. The van der Waals surface area contributed by atoms with Gasteiger partial charge in [0.25, 0.3) is 0 Å². The highest BCUT2D eigenvalue weighted by molar-refractivity contribution is 5.90. The summed E-state index contributed by atoms with van der Waals surface area (Å²) in [6.07, 6.45) is 0.972. The molecule has 2 heterocycles. The summed E-state index contributed by atoms with van der Waals surface area (Å²) in [6, 6.07) is 10.0. The molecule has 0 spiro atoms. The van der Waals surface area contributed by atoms with Gasteiger partial charge in [0.2, 0.25) is 5.95 Å². The molecular weight excluding hydrogens is 287 g/mol. The molecule has 110 valence electrons. The Morgan fingerprint density at radius 2 is 2.05 bits per heavy atom. The number of carbonyl (C=O) groups is 1. The minimum atomic E-state index is -1.18. The molecule has 0 atom stereocenters. The monoisotopic (exact) mass is 298 g/mol. The molecule has 0 aliphatic carbocycles. The molecule has 0 fully saturated rings. The fraction of sp³-hybridized carbons (Fsp3) is 0.0625. The number of carboxylic acid groups (broad SMARTS) is 1. The first-order valence-corrected chi connectivity index (χ1v) is 6.43. The minimum Gasteiger partial charge on any atom is -0.496 e. The Balaban J connectivity index is 2.26. The number of halogens is 1. The zero-order valence-corrected chi connectivity index (χ0v) is 11.6. The van der Waals surface area contributed by atoms with Crippen LogP contribution in [0.4, 0.5) is 4.39 Å². The van der Waals surface area contributed by atoms with Crippen molar-refractivity contribution in [2.75, 3.05) is 7.11 Å².